The summed E-state index contributed by atoms with van der Waals surface area (Å²) in [5.41, 5.74) is 1.09. The van der Waals surface area contributed by atoms with E-state index in [0.717, 1.165) is 29.6 Å². The maximum Gasteiger partial charge on any atom is 0.265 e. The van der Waals surface area contributed by atoms with Crippen molar-refractivity contribution in [2.24, 2.45) is 0 Å². The van der Waals surface area contributed by atoms with Gasteiger partial charge >= 0.3 is 0 Å². The van der Waals surface area contributed by atoms with E-state index in [0.29, 0.717) is 18.7 Å². The van der Waals surface area contributed by atoms with Gasteiger partial charge in [-0.25, -0.2) is 12.8 Å². The van der Waals surface area contributed by atoms with E-state index in [1.807, 2.05) is 0 Å². The molecule has 2 aromatic carbocycles. The first-order chi connectivity index (χ1) is 15.9. The molecule has 0 atom stereocenters. The number of benzene rings is 2. The molecule has 0 aromatic heterocycles. The van der Waals surface area contributed by atoms with Crippen LogP contribution in [0.25, 0.3) is 0 Å². The summed E-state index contributed by atoms with van der Waals surface area (Å²) in [6.07, 6.45) is 7.31. The topological polar surface area (TPSA) is 84.9 Å². The largest absolute Gasteiger partial charge is 0.493 e. The quantitative estimate of drug-likeness (QED) is 0.523. The zero-order valence-corrected chi connectivity index (χ0v) is 19.7. The Bertz CT molecular complexity index is 1120. The number of rotatable bonds is 10. The molecule has 0 saturated heterocycles. The first-order valence-corrected chi connectivity index (χ1v) is 12.2. The van der Waals surface area contributed by atoms with Crippen LogP contribution in [0.1, 0.15) is 32.1 Å². The highest BCUT2D eigenvalue weighted by Gasteiger charge is 2.30. The fraction of sp³-hybridized carbons (Fsp3) is 0.375. The van der Waals surface area contributed by atoms with Crippen molar-refractivity contribution < 1.29 is 27.1 Å². The van der Waals surface area contributed by atoms with Crippen molar-refractivity contribution in [1.29, 1.82) is 0 Å². The highest BCUT2D eigenvalue weighted by atomic mass is 32.2. The lowest BCUT2D eigenvalue weighted by Crippen LogP contribution is -2.41. The van der Waals surface area contributed by atoms with Gasteiger partial charge in [-0.05, 0) is 56.4 Å². The Hall–Kier alpha value is -3.07. The van der Waals surface area contributed by atoms with Gasteiger partial charge in [0.2, 0.25) is 5.91 Å². The minimum atomic E-state index is -4.29. The van der Waals surface area contributed by atoms with E-state index in [1.54, 1.807) is 0 Å². The maximum absolute atomic E-state index is 14.6. The Balaban J connectivity index is 1.84. The third-order valence-corrected chi connectivity index (χ3v) is 7.26. The van der Waals surface area contributed by atoms with Crippen LogP contribution in [0.4, 0.5) is 10.1 Å². The minimum Gasteiger partial charge on any atom is -0.493 e. The van der Waals surface area contributed by atoms with Gasteiger partial charge in [-0.2, -0.15) is 0 Å². The van der Waals surface area contributed by atoms with Crippen LogP contribution in [0, 0.1) is 5.82 Å². The predicted octanol–water partition coefficient (Wildman–Crippen LogP) is 4.04. The number of sulfonamides is 1. The van der Waals surface area contributed by atoms with Crippen molar-refractivity contribution in [1.82, 2.24) is 5.32 Å². The predicted molar refractivity (Wildman–Crippen MR) is 125 cm³/mol. The first-order valence-electron chi connectivity index (χ1n) is 10.8. The van der Waals surface area contributed by atoms with Crippen molar-refractivity contribution in [2.75, 3.05) is 31.6 Å². The number of para-hydroxylation sites is 1. The molecule has 0 unspecified atom stereocenters. The van der Waals surface area contributed by atoms with E-state index in [-0.39, 0.29) is 16.3 Å². The second-order valence-electron chi connectivity index (χ2n) is 7.69. The van der Waals surface area contributed by atoms with Crippen molar-refractivity contribution in [3.05, 3.63) is 59.9 Å². The van der Waals surface area contributed by atoms with Crippen LogP contribution in [0.5, 0.6) is 11.5 Å². The lowest BCUT2D eigenvalue weighted by molar-refractivity contribution is -0.119. The monoisotopic (exact) mass is 476 g/mol. The molecule has 1 aliphatic rings. The summed E-state index contributed by atoms with van der Waals surface area (Å²) in [5, 5.41) is 2.76. The van der Waals surface area contributed by atoms with Gasteiger partial charge in [0.05, 0.1) is 24.8 Å². The van der Waals surface area contributed by atoms with E-state index in [2.05, 4.69) is 11.4 Å². The van der Waals surface area contributed by atoms with E-state index in [4.69, 9.17) is 9.47 Å². The molecule has 178 valence electrons. The van der Waals surface area contributed by atoms with E-state index >= 15 is 0 Å². The zero-order valence-electron chi connectivity index (χ0n) is 18.8. The molecule has 7 nitrogen and oxygen atoms in total. The minimum absolute atomic E-state index is 0.149. The van der Waals surface area contributed by atoms with Gasteiger partial charge in [0.1, 0.15) is 12.4 Å². The number of carbonyl (C=O) groups is 1. The Labute approximate surface area is 194 Å². The summed E-state index contributed by atoms with van der Waals surface area (Å²) in [6, 6.07) is 9.52. The molecule has 1 amide bonds. The first kappa shape index (κ1) is 24.6. The van der Waals surface area contributed by atoms with Crippen molar-refractivity contribution in [2.45, 2.75) is 37.0 Å². The van der Waals surface area contributed by atoms with Crippen LogP contribution in [0.2, 0.25) is 0 Å². The molecule has 1 aliphatic carbocycles. The third kappa shape index (κ3) is 6.04. The molecule has 2 aromatic rings. The third-order valence-electron chi connectivity index (χ3n) is 5.50. The summed E-state index contributed by atoms with van der Waals surface area (Å²) in [7, 11) is -1.47. The average Bonchev–Trinajstić information content (AvgIpc) is 2.83. The summed E-state index contributed by atoms with van der Waals surface area (Å²) < 4.78 is 52.7. The molecular formula is C24H29FN2O5S. The molecular weight excluding hydrogens is 447 g/mol. The molecule has 0 aliphatic heterocycles. The molecule has 0 radical (unpaired) electrons. The van der Waals surface area contributed by atoms with Gasteiger partial charge in [0, 0.05) is 12.6 Å². The number of allylic oxidation sites excluding steroid dienone is 1. The number of methoxy groups -OCH3 is 2. The maximum atomic E-state index is 14.6. The standard InChI is InChI=1S/C24H29FN2O5S/c1-31-22-13-12-19(16-23(22)32-2)33(29,30)27(21-11-7-6-10-20(21)25)17-24(28)26-15-14-18-8-4-3-5-9-18/h6-8,10-13,16H,3-5,9,14-15,17H2,1-2H3,(H,26,28). The van der Waals surface area contributed by atoms with Crippen LogP contribution in [-0.2, 0) is 14.8 Å². The summed E-state index contributed by atoms with van der Waals surface area (Å²) in [6.45, 7) is -0.164. The van der Waals surface area contributed by atoms with E-state index in [9.17, 15) is 17.6 Å². The number of halogens is 1. The number of nitrogens with one attached hydrogen (secondary N) is 1. The van der Waals surface area contributed by atoms with Crippen molar-refractivity contribution in [3.63, 3.8) is 0 Å². The molecule has 3 rings (SSSR count). The fourth-order valence-corrected chi connectivity index (χ4v) is 5.18. The number of hydrogen-bond acceptors (Lipinski definition) is 5. The Morgan fingerprint density at radius 1 is 1.09 bits per heavy atom. The van der Waals surface area contributed by atoms with Crippen molar-refractivity contribution >= 4 is 21.6 Å². The molecule has 33 heavy (non-hydrogen) atoms. The number of amides is 1. The summed E-state index contributed by atoms with van der Waals surface area (Å²) >= 11 is 0. The fourth-order valence-electron chi connectivity index (χ4n) is 3.74. The zero-order chi connectivity index (χ0) is 23.8. The van der Waals surface area contributed by atoms with Gasteiger partial charge in [-0.15, -0.1) is 0 Å². The van der Waals surface area contributed by atoms with Crippen LogP contribution in [0.15, 0.2) is 59.0 Å². The molecule has 0 saturated carbocycles. The van der Waals surface area contributed by atoms with Crippen LogP contribution in [-0.4, -0.2) is 41.6 Å². The number of ether oxygens (including phenoxy) is 2. The SMILES string of the molecule is COc1ccc(S(=O)(=O)N(CC(=O)NCCC2=CCCCC2)c2ccccc2F)cc1OC. The number of hydrogen-bond donors (Lipinski definition) is 1. The molecule has 0 bridgehead atoms. The molecule has 1 N–H and O–H groups in total. The van der Waals surface area contributed by atoms with Crippen LogP contribution >= 0.6 is 0 Å². The number of carbonyl (C=O) groups excluding carboxylic acids is 1. The molecule has 0 heterocycles. The normalized spacial score (nSPS) is 13.7. The number of anilines is 1. The molecule has 9 heteroatoms. The highest BCUT2D eigenvalue weighted by molar-refractivity contribution is 7.92. The van der Waals surface area contributed by atoms with Gasteiger partial charge in [0.25, 0.3) is 10.0 Å². The number of nitrogens with zero attached hydrogens (tertiary/aromatic N) is 1. The Morgan fingerprint density at radius 2 is 1.85 bits per heavy atom. The summed E-state index contributed by atoms with van der Waals surface area (Å²) in [4.78, 5) is 12.5. The van der Waals surface area contributed by atoms with Crippen LogP contribution in [0.3, 0.4) is 0 Å². The lowest BCUT2D eigenvalue weighted by Gasteiger charge is -2.25. The van der Waals surface area contributed by atoms with E-state index in [1.165, 1.54) is 62.6 Å². The summed E-state index contributed by atoms with van der Waals surface area (Å²) in [5.74, 6) is -0.707. The lowest BCUT2D eigenvalue weighted by atomic mass is 9.97. The Kier molecular flexibility index (Phi) is 8.32. The second kappa shape index (κ2) is 11.2. The smallest absolute Gasteiger partial charge is 0.265 e. The molecule has 0 spiro atoms. The Morgan fingerprint density at radius 3 is 2.52 bits per heavy atom. The highest BCUT2D eigenvalue weighted by Crippen LogP contribution is 2.32. The van der Waals surface area contributed by atoms with Gasteiger partial charge < -0.3 is 14.8 Å². The van der Waals surface area contributed by atoms with Crippen LogP contribution < -0.4 is 19.1 Å². The van der Waals surface area contributed by atoms with E-state index < -0.39 is 28.3 Å². The van der Waals surface area contributed by atoms with Gasteiger partial charge in [0.15, 0.2) is 11.5 Å². The second-order valence-corrected chi connectivity index (χ2v) is 9.55. The average molecular weight is 477 g/mol. The molecule has 0 fully saturated rings. The van der Waals surface area contributed by atoms with Gasteiger partial charge in [-0.3, -0.25) is 9.10 Å². The van der Waals surface area contributed by atoms with Crippen molar-refractivity contribution in [3.8, 4) is 11.5 Å². The van der Waals surface area contributed by atoms with Gasteiger partial charge in [-0.1, -0.05) is 23.8 Å².